The Morgan fingerprint density at radius 3 is 2.20 bits per heavy atom. The van der Waals surface area contributed by atoms with E-state index in [0.29, 0.717) is 18.6 Å². The van der Waals surface area contributed by atoms with Gasteiger partial charge in [0.2, 0.25) is 0 Å². The molecule has 0 bridgehead atoms. The van der Waals surface area contributed by atoms with Crippen LogP contribution in [0.1, 0.15) is 50.1 Å². The highest BCUT2D eigenvalue weighted by atomic mass is 16.3. The van der Waals surface area contributed by atoms with E-state index in [2.05, 4.69) is 49.3 Å². The number of rotatable bonds is 6. The van der Waals surface area contributed by atoms with E-state index in [1.807, 2.05) is 0 Å². The molecule has 1 atom stereocenters. The smallest absolute Gasteiger partial charge is 0.0459 e. The Labute approximate surface area is 123 Å². The standard InChI is InChI=1S/C18H29NO/c1-19(2)18(17-6-4-3-5-7-17)13-12-15-8-10-16(14-20)11-9-15/h3-7,15-16,18,20H,8-14H2,1-2H3. The maximum Gasteiger partial charge on any atom is 0.0459 e. The zero-order valence-electron chi connectivity index (χ0n) is 13.0. The van der Waals surface area contributed by atoms with Crippen LogP contribution in [-0.2, 0) is 0 Å². The summed E-state index contributed by atoms with van der Waals surface area (Å²) in [6.45, 7) is 0.386. The first-order chi connectivity index (χ1) is 9.70. The highest BCUT2D eigenvalue weighted by molar-refractivity contribution is 5.18. The Balaban J connectivity index is 1.84. The second-order valence-corrected chi connectivity index (χ2v) is 6.54. The van der Waals surface area contributed by atoms with Gasteiger partial charge in [0.15, 0.2) is 0 Å². The van der Waals surface area contributed by atoms with Crippen LogP contribution in [0.4, 0.5) is 0 Å². The normalized spacial score (nSPS) is 24.8. The Morgan fingerprint density at radius 1 is 1.05 bits per heavy atom. The van der Waals surface area contributed by atoms with Gasteiger partial charge >= 0.3 is 0 Å². The van der Waals surface area contributed by atoms with Gasteiger partial charge in [0.25, 0.3) is 0 Å². The van der Waals surface area contributed by atoms with E-state index in [0.717, 1.165) is 5.92 Å². The SMILES string of the molecule is CN(C)C(CCC1CCC(CO)CC1)c1ccccc1. The van der Waals surface area contributed by atoms with E-state index in [9.17, 15) is 5.11 Å². The third-order valence-electron chi connectivity index (χ3n) is 4.88. The third-order valence-corrected chi connectivity index (χ3v) is 4.88. The minimum absolute atomic E-state index is 0.386. The van der Waals surface area contributed by atoms with Gasteiger partial charge in [0.1, 0.15) is 0 Å². The highest BCUT2D eigenvalue weighted by Crippen LogP contribution is 2.34. The zero-order chi connectivity index (χ0) is 14.4. The van der Waals surface area contributed by atoms with Crippen molar-refractivity contribution in [2.24, 2.45) is 11.8 Å². The predicted molar refractivity (Wildman–Crippen MR) is 84.6 cm³/mol. The summed E-state index contributed by atoms with van der Waals surface area (Å²) >= 11 is 0. The van der Waals surface area contributed by atoms with E-state index in [1.54, 1.807) is 0 Å². The van der Waals surface area contributed by atoms with Crippen molar-refractivity contribution in [3.8, 4) is 0 Å². The molecule has 0 saturated heterocycles. The summed E-state index contributed by atoms with van der Waals surface area (Å²) in [6.07, 6.45) is 7.61. The van der Waals surface area contributed by atoms with Crippen LogP contribution < -0.4 is 0 Å². The number of hydrogen-bond donors (Lipinski definition) is 1. The number of nitrogens with zero attached hydrogens (tertiary/aromatic N) is 1. The molecule has 1 fully saturated rings. The van der Waals surface area contributed by atoms with Crippen LogP contribution in [0.3, 0.4) is 0 Å². The second kappa shape index (κ2) is 7.80. The Bertz CT molecular complexity index is 368. The molecule has 0 aliphatic heterocycles. The maximum atomic E-state index is 9.21. The second-order valence-electron chi connectivity index (χ2n) is 6.54. The van der Waals surface area contributed by atoms with Crippen LogP contribution in [0, 0.1) is 11.8 Å². The van der Waals surface area contributed by atoms with Gasteiger partial charge in [-0.25, -0.2) is 0 Å². The van der Waals surface area contributed by atoms with Crippen LogP contribution in [0.5, 0.6) is 0 Å². The zero-order valence-corrected chi connectivity index (χ0v) is 13.0. The molecule has 0 heterocycles. The van der Waals surface area contributed by atoms with Gasteiger partial charge in [-0.2, -0.15) is 0 Å². The molecule has 1 N–H and O–H groups in total. The topological polar surface area (TPSA) is 23.5 Å². The van der Waals surface area contributed by atoms with Crippen LogP contribution in [0.25, 0.3) is 0 Å². The van der Waals surface area contributed by atoms with E-state index in [4.69, 9.17) is 0 Å². The van der Waals surface area contributed by atoms with Crippen molar-refractivity contribution in [1.82, 2.24) is 4.90 Å². The molecule has 1 saturated carbocycles. The molecule has 0 spiro atoms. The first-order valence-electron chi connectivity index (χ1n) is 8.03. The summed E-state index contributed by atoms with van der Waals surface area (Å²) in [5.74, 6) is 1.44. The lowest BCUT2D eigenvalue weighted by molar-refractivity contribution is 0.158. The van der Waals surface area contributed by atoms with Gasteiger partial charge in [-0.1, -0.05) is 43.2 Å². The molecule has 0 radical (unpaired) electrons. The maximum absolute atomic E-state index is 9.21. The quantitative estimate of drug-likeness (QED) is 0.852. The van der Waals surface area contributed by atoms with E-state index < -0.39 is 0 Å². The number of hydrogen-bond acceptors (Lipinski definition) is 2. The fraction of sp³-hybridized carbons (Fsp3) is 0.667. The van der Waals surface area contributed by atoms with Crippen molar-refractivity contribution >= 4 is 0 Å². The lowest BCUT2D eigenvalue weighted by Crippen LogP contribution is -2.22. The lowest BCUT2D eigenvalue weighted by Gasteiger charge is -2.30. The molecule has 0 aromatic heterocycles. The van der Waals surface area contributed by atoms with Crippen LogP contribution in [0.15, 0.2) is 30.3 Å². The average Bonchev–Trinajstić information content (AvgIpc) is 2.49. The Hall–Kier alpha value is -0.860. The molecule has 2 rings (SSSR count). The van der Waals surface area contributed by atoms with Gasteiger partial charge in [-0.05, 0) is 57.2 Å². The molecule has 1 aromatic carbocycles. The summed E-state index contributed by atoms with van der Waals surface area (Å²) in [5.41, 5.74) is 1.43. The van der Waals surface area contributed by atoms with Crippen molar-refractivity contribution in [2.45, 2.75) is 44.6 Å². The molecule has 112 valence electrons. The molecule has 1 aliphatic carbocycles. The number of benzene rings is 1. The summed E-state index contributed by atoms with van der Waals surface area (Å²) < 4.78 is 0. The number of aliphatic hydroxyl groups excluding tert-OH is 1. The molecular weight excluding hydrogens is 246 g/mol. The summed E-state index contributed by atoms with van der Waals surface area (Å²) in [6, 6.07) is 11.4. The predicted octanol–water partition coefficient (Wildman–Crippen LogP) is 3.87. The summed E-state index contributed by atoms with van der Waals surface area (Å²) in [7, 11) is 4.36. The van der Waals surface area contributed by atoms with Gasteiger partial charge in [-0.3, -0.25) is 0 Å². The van der Waals surface area contributed by atoms with Crippen molar-refractivity contribution in [2.75, 3.05) is 20.7 Å². The first-order valence-corrected chi connectivity index (χ1v) is 8.03. The molecule has 1 aliphatic rings. The summed E-state index contributed by atoms with van der Waals surface area (Å²) in [4.78, 5) is 2.34. The fourth-order valence-electron chi connectivity index (χ4n) is 3.49. The Kier molecular flexibility index (Phi) is 6.06. The van der Waals surface area contributed by atoms with E-state index in [-0.39, 0.29) is 0 Å². The van der Waals surface area contributed by atoms with E-state index in [1.165, 1.54) is 44.1 Å². The molecule has 2 heteroatoms. The monoisotopic (exact) mass is 275 g/mol. The molecule has 0 amide bonds. The average molecular weight is 275 g/mol. The third kappa shape index (κ3) is 4.32. The van der Waals surface area contributed by atoms with E-state index >= 15 is 0 Å². The first kappa shape index (κ1) is 15.5. The fourth-order valence-corrected chi connectivity index (χ4v) is 3.49. The molecule has 1 aromatic rings. The van der Waals surface area contributed by atoms with Crippen molar-refractivity contribution in [3.63, 3.8) is 0 Å². The molecular formula is C18H29NO. The lowest BCUT2D eigenvalue weighted by atomic mass is 9.79. The van der Waals surface area contributed by atoms with Crippen molar-refractivity contribution < 1.29 is 5.11 Å². The van der Waals surface area contributed by atoms with Crippen molar-refractivity contribution in [1.29, 1.82) is 0 Å². The summed E-state index contributed by atoms with van der Waals surface area (Å²) in [5, 5.41) is 9.21. The largest absolute Gasteiger partial charge is 0.396 e. The molecule has 2 nitrogen and oxygen atoms in total. The van der Waals surface area contributed by atoms with Crippen LogP contribution in [0.2, 0.25) is 0 Å². The van der Waals surface area contributed by atoms with Gasteiger partial charge in [0, 0.05) is 12.6 Å². The van der Waals surface area contributed by atoms with Gasteiger partial charge < -0.3 is 10.0 Å². The minimum atomic E-state index is 0.386. The van der Waals surface area contributed by atoms with Gasteiger partial charge in [0.05, 0.1) is 0 Å². The Morgan fingerprint density at radius 2 is 1.65 bits per heavy atom. The van der Waals surface area contributed by atoms with Crippen LogP contribution in [-0.4, -0.2) is 30.7 Å². The molecule has 1 unspecified atom stereocenters. The van der Waals surface area contributed by atoms with Gasteiger partial charge in [-0.15, -0.1) is 0 Å². The molecule has 20 heavy (non-hydrogen) atoms. The minimum Gasteiger partial charge on any atom is -0.396 e. The van der Waals surface area contributed by atoms with Crippen molar-refractivity contribution in [3.05, 3.63) is 35.9 Å². The highest BCUT2D eigenvalue weighted by Gasteiger charge is 2.22. The van der Waals surface area contributed by atoms with Crippen LogP contribution >= 0.6 is 0 Å². The number of aliphatic hydroxyl groups is 1.